The molecule has 1 rings (SSSR count). The normalized spacial score (nSPS) is 22.0. The van der Waals surface area contributed by atoms with Crippen LogP contribution < -0.4 is 0 Å². The number of esters is 2. The molecule has 4 N–H and O–H groups in total. The predicted molar refractivity (Wildman–Crippen MR) is 187 cm³/mol. The molecule has 6 atom stereocenters. The van der Waals surface area contributed by atoms with Gasteiger partial charge in [-0.25, -0.2) is 0 Å². The van der Waals surface area contributed by atoms with Gasteiger partial charge in [0.1, 0.15) is 31.0 Å². The molecule has 0 aliphatic carbocycles. The van der Waals surface area contributed by atoms with Crippen LogP contribution in [0.15, 0.2) is 24.3 Å². The second-order valence-corrected chi connectivity index (χ2v) is 13.0. The number of carbonyl (C=O) groups excluding carboxylic acids is 2. The van der Waals surface area contributed by atoms with E-state index in [1.54, 1.807) is 0 Å². The lowest BCUT2D eigenvalue weighted by Gasteiger charge is -2.39. The van der Waals surface area contributed by atoms with Crippen molar-refractivity contribution in [2.45, 2.75) is 185 Å². The summed E-state index contributed by atoms with van der Waals surface area (Å²) < 4.78 is 22.0. The average molecular weight is 685 g/mol. The minimum Gasteiger partial charge on any atom is -0.462 e. The lowest BCUT2D eigenvalue weighted by molar-refractivity contribution is -0.305. The Hall–Kier alpha value is -1.82. The fourth-order valence-corrected chi connectivity index (χ4v) is 5.50. The Balaban J connectivity index is 2.40. The Morgan fingerprint density at radius 1 is 0.646 bits per heavy atom. The van der Waals surface area contributed by atoms with Gasteiger partial charge in [0.05, 0.1) is 13.2 Å². The minimum atomic E-state index is -1.59. The molecule has 0 spiro atoms. The summed E-state index contributed by atoms with van der Waals surface area (Å²) in [6.07, 6.45) is 22.0. The highest BCUT2D eigenvalue weighted by molar-refractivity contribution is 5.70. The molecule has 0 saturated carbocycles. The first kappa shape index (κ1) is 44.2. The fourth-order valence-electron chi connectivity index (χ4n) is 5.50. The van der Waals surface area contributed by atoms with Crippen LogP contribution in [-0.2, 0) is 28.5 Å². The zero-order valence-corrected chi connectivity index (χ0v) is 30.0. The van der Waals surface area contributed by atoms with Crippen LogP contribution in [0.25, 0.3) is 0 Å². The van der Waals surface area contributed by atoms with Gasteiger partial charge >= 0.3 is 11.9 Å². The first-order chi connectivity index (χ1) is 23.3. The first-order valence-electron chi connectivity index (χ1n) is 18.9. The third kappa shape index (κ3) is 22.0. The van der Waals surface area contributed by atoms with Gasteiger partial charge in [-0.2, -0.15) is 0 Å². The Kier molecular flexibility index (Phi) is 27.7. The standard InChI is InChI=1S/C38H68O10/c1-3-5-7-9-11-13-14-15-16-17-19-20-22-24-26-33(40)45-29-31(30-46-38-37(44)36(43)35(42)32(28-39)48-38)47-34(41)27-25-23-21-18-12-10-8-6-4-2/h9,11,14-15,31-32,35-39,42-44H,3-8,10,12-13,16-30H2,1-2H3/b11-9+,15-14+/t31-,32-,35+,36?,37?,38-/m0/s1. The molecule has 2 unspecified atom stereocenters. The third-order valence-corrected chi connectivity index (χ3v) is 8.59. The quantitative estimate of drug-likeness (QED) is 0.0370. The number of hydrogen-bond acceptors (Lipinski definition) is 10. The van der Waals surface area contributed by atoms with E-state index >= 15 is 0 Å². The lowest BCUT2D eigenvalue weighted by atomic mass is 9.99. The number of hydrogen-bond donors (Lipinski definition) is 4. The smallest absolute Gasteiger partial charge is 0.306 e. The summed E-state index contributed by atoms with van der Waals surface area (Å²) in [6, 6.07) is 0. The molecule has 1 saturated heterocycles. The minimum absolute atomic E-state index is 0.222. The molecule has 0 aromatic rings. The van der Waals surface area contributed by atoms with Crippen LogP contribution in [0.5, 0.6) is 0 Å². The maximum Gasteiger partial charge on any atom is 0.306 e. The molecule has 1 heterocycles. The molecule has 0 radical (unpaired) electrons. The summed E-state index contributed by atoms with van der Waals surface area (Å²) in [5, 5.41) is 39.8. The van der Waals surface area contributed by atoms with Gasteiger partial charge < -0.3 is 39.4 Å². The first-order valence-corrected chi connectivity index (χ1v) is 18.9. The molecular weight excluding hydrogens is 616 g/mol. The van der Waals surface area contributed by atoms with Crippen LogP contribution in [0, 0.1) is 0 Å². The Morgan fingerprint density at radius 3 is 1.79 bits per heavy atom. The second kappa shape index (κ2) is 30.0. The largest absolute Gasteiger partial charge is 0.462 e. The molecule has 10 heteroatoms. The van der Waals surface area contributed by atoms with Crippen LogP contribution in [0.3, 0.4) is 0 Å². The average Bonchev–Trinajstić information content (AvgIpc) is 3.08. The summed E-state index contributed by atoms with van der Waals surface area (Å²) in [5.41, 5.74) is 0. The van der Waals surface area contributed by atoms with E-state index in [9.17, 15) is 30.0 Å². The maximum absolute atomic E-state index is 12.6. The number of aliphatic hydroxyl groups is 4. The van der Waals surface area contributed by atoms with Crippen molar-refractivity contribution in [2.75, 3.05) is 19.8 Å². The van der Waals surface area contributed by atoms with Crippen molar-refractivity contribution in [3.63, 3.8) is 0 Å². The third-order valence-electron chi connectivity index (χ3n) is 8.59. The van der Waals surface area contributed by atoms with E-state index in [1.165, 1.54) is 44.9 Å². The summed E-state index contributed by atoms with van der Waals surface area (Å²) in [4.78, 5) is 25.1. The topological polar surface area (TPSA) is 152 Å². The van der Waals surface area contributed by atoms with Crippen molar-refractivity contribution in [1.29, 1.82) is 0 Å². The van der Waals surface area contributed by atoms with E-state index in [2.05, 4.69) is 38.2 Å². The van der Waals surface area contributed by atoms with Crippen molar-refractivity contribution in [3.05, 3.63) is 24.3 Å². The van der Waals surface area contributed by atoms with Crippen molar-refractivity contribution >= 4 is 11.9 Å². The molecule has 0 amide bonds. The number of rotatable bonds is 30. The Labute approximate surface area is 290 Å². The van der Waals surface area contributed by atoms with Gasteiger partial charge in [0.15, 0.2) is 12.4 Å². The van der Waals surface area contributed by atoms with Gasteiger partial charge in [0.25, 0.3) is 0 Å². The van der Waals surface area contributed by atoms with Crippen molar-refractivity contribution in [3.8, 4) is 0 Å². The molecule has 48 heavy (non-hydrogen) atoms. The molecule has 0 aromatic heterocycles. The van der Waals surface area contributed by atoms with Crippen LogP contribution >= 0.6 is 0 Å². The van der Waals surface area contributed by atoms with Crippen molar-refractivity contribution < 1.29 is 49.0 Å². The fraction of sp³-hybridized carbons (Fsp3) is 0.842. The zero-order valence-electron chi connectivity index (χ0n) is 30.0. The molecule has 1 aliphatic heterocycles. The van der Waals surface area contributed by atoms with Crippen LogP contribution in [0.1, 0.15) is 149 Å². The zero-order chi connectivity index (χ0) is 35.2. The monoisotopic (exact) mass is 684 g/mol. The van der Waals surface area contributed by atoms with Crippen molar-refractivity contribution in [1.82, 2.24) is 0 Å². The highest BCUT2D eigenvalue weighted by Gasteiger charge is 2.44. The van der Waals surface area contributed by atoms with E-state index in [0.717, 1.165) is 64.2 Å². The van der Waals surface area contributed by atoms with E-state index < -0.39 is 55.4 Å². The van der Waals surface area contributed by atoms with Gasteiger partial charge in [0.2, 0.25) is 0 Å². The van der Waals surface area contributed by atoms with Gasteiger partial charge in [-0.05, 0) is 38.5 Å². The second-order valence-electron chi connectivity index (χ2n) is 13.0. The summed E-state index contributed by atoms with van der Waals surface area (Å²) in [7, 11) is 0. The number of ether oxygens (including phenoxy) is 4. The molecule has 0 aromatic carbocycles. The highest BCUT2D eigenvalue weighted by Crippen LogP contribution is 2.22. The molecule has 1 fully saturated rings. The van der Waals surface area contributed by atoms with Crippen LogP contribution in [-0.4, -0.2) is 89.0 Å². The summed E-state index contributed by atoms with van der Waals surface area (Å²) >= 11 is 0. The van der Waals surface area contributed by atoms with Gasteiger partial charge in [-0.1, -0.05) is 122 Å². The highest BCUT2D eigenvalue weighted by atomic mass is 16.7. The van der Waals surface area contributed by atoms with Gasteiger partial charge in [-0.15, -0.1) is 0 Å². The molecule has 1 aliphatic rings. The van der Waals surface area contributed by atoms with Crippen molar-refractivity contribution in [2.24, 2.45) is 0 Å². The molecular formula is C38H68O10. The van der Waals surface area contributed by atoms with E-state index in [4.69, 9.17) is 18.9 Å². The SMILES string of the molecule is CCCC/C=C/C/C=C/CCCCCCCC(=O)OC[C@@H](CO[C@H]1O[C@@H](CO)[C@@H](O)C(O)C1O)OC(=O)CCCCCCCCCCC. The van der Waals surface area contributed by atoms with Gasteiger partial charge in [-0.3, -0.25) is 9.59 Å². The summed E-state index contributed by atoms with van der Waals surface area (Å²) in [6.45, 7) is 3.32. The Bertz CT molecular complexity index is 845. The molecule has 10 nitrogen and oxygen atoms in total. The number of aliphatic hydroxyl groups excluding tert-OH is 4. The van der Waals surface area contributed by atoms with Crippen LogP contribution in [0.2, 0.25) is 0 Å². The Morgan fingerprint density at radius 2 is 1.19 bits per heavy atom. The number of unbranched alkanes of at least 4 members (excludes halogenated alkanes) is 15. The lowest BCUT2D eigenvalue weighted by Crippen LogP contribution is -2.59. The number of allylic oxidation sites excluding steroid dienone is 4. The number of carbonyl (C=O) groups is 2. The van der Waals surface area contributed by atoms with Gasteiger partial charge in [0, 0.05) is 12.8 Å². The van der Waals surface area contributed by atoms with E-state index in [0.29, 0.717) is 12.8 Å². The maximum atomic E-state index is 12.6. The predicted octanol–water partition coefficient (Wildman–Crippen LogP) is 6.60. The molecule has 0 bridgehead atoms. The van der Waals surface area contributed by atoms with E-state index in [-0.39, 0.29) is 26.1 Å². The van der Waals surface area contributed by atoms with E-state index in [1.807, 2.05) is 0 Å². The summed E-state index contributed by atoms with van der Waals surface area (Å²) in [5.74, 6) is -0.826. The molecule has 280 valence electrons. The van der Waals surface area contributed by atoms with Crippen LogP contribution in [0.4, 0.5) is 0 Å².